The summed E-state index contributed by atoms with van der Waals surface area (Å²) in [5, 5.41) is 3.10. The highest BCUT2D eigenvalue weighted by Crippen LogP contribution is 2.41. The number of benzene rings is 1. The molecule has 28 heavy (non-hydrogen) atoms. The maximum absolute atomic E-state index is 12.6. The Labute approximate surface area is 169 Å². The first-order valence-corrected chi connectivity index (χ1v) is 10.8. The molecule has 2 unspecified atom stereocenters. The first kappa shape index (κ1) is 19.4. The Hall–Kier alpha value is -1.94. The van der Waals surface area contributed by atoms with Crippen molar-refractivity contribution >= 4 is 17.3 Å². The summed E-state index contributed by atoms with van der Waals surface area (Å²) in [6.07, 6.45) is 8.59. The summed E-state index contributed by atoms with van der Waals surface area (Å²) in [6.45, 7) is 7.73. The number of nitrogens with zero attached hydrogens (tertiary/aromatic N) is 2. The molecule has 0 saturated heterocycles. The lowest BCUT2D eigenvalue weighted by Gasteiger charge is -2.40. The number of amidine groups is 1. The Morgan fingerprint density at radius 1 is 1.25 bits per heavy atom. The van der Waals surface area contributed by atoms with E-state index in [2.05, 4.69) is 60.5 Å². The second kappa shape index (κ2) is 8.20. The first-order valence-electron chi connectivity index (χ1n) is 10.8. The van der Waals surface area contributed by atoms with E-state index in [9.17, 15) is 4.79 Å². The molecule has 1 aromatic carbocycles. The van der Waals surface area contributed by atoms with Crippen LogP contribution in [0.25, 0.3) is 5.57 Å². The van der Waals surface area contributed by atoms with Crippen LogP contribution in [0.3, 0.4) is 0 Å². The molecule has 4 heteroatoms. The summed E-state index contributed by atoms with van der Waals surface area (Å²) in [7, 11) is 0. The Morgan fingerprint density at radius 3 is 2.82 bits per heavy atom. The standard InChI is InChI=1S/C24H33N3O/c1-24(2)13-10-21-20(17-24)23(28)26-22(25-21)9-6-14-27-15-11-19(12-16-27)18-7-4-3-5-8-18/h3-5,7-8,11,20-21H,6,9-10,12-17H2,1-2H3,(H,25,26,28). The lowest BCUT2D eigenvalue weighted by Crippen LogP contribution is -2.49. The van der Waals surface area contributed by atoms with Gasteiger partial charge in [0.25, 0.3) is 0 Å². The summed E-state index contributed by atoms with van der Waals surface area (Å²) in [5.41, 5.74) is 3.09. The third-order valence-corrected chi connectivity index (χ3v) is 6.61. The molecule has 3 aliphatic rings. The fraction of sp³-hybridized carbons (Fsp3) is 0.583. The van der Waals surface area contributed by atoms with E-state index in [0.717, 1.165) is 57.6 Å². The molecule has 0 radical (unpaired) electrons. The molecule has 1 N–H and O–H groups in total. The highest BCUT2D eigenvalue weighted by molar-refractivity contribution is 6.01. The van der Waals surface area contributed by atoms with Crippen LogP contribution in [-0.4, -0.2) is 42.3 Å². The van der Waals surface area contributed by atoms with Gasteiger partial charge in [-0.3, -0.25) is 14.7 Å². The fourth-order valence-corrected chi connectivity index (χ4v) is 4.89. The molecule has 4 nitrogen and oxygen atoms in total. The van der Waals surface area contributed by atoms with E-state index in [1.165, 1.54) is 17.6 Å². The van der Waals surface area contributed by atoms with Gasteiger partial charge in [0, 0.05) is 19.5 Å². The number of hydrogen-bond donors (Lipinski definition) is 1. The van der Waals surface area contributed by atoms with Crippen molar-refractivity contribution in [1.82, 2.24) is 10.2 Å². The van der Waals surface area contributed by atoms with Crippen molar-refractivity contribution in [2.75, 3.05) is 19.6 Å². The molecule has 2 atom stereocenters. The molecule has 2 heterocycles. The number of fused-ring (bicyclic) bond motifs is 1. The number of carbonyl (C=O) groups excluding carboxylic acids is 1. The lowest BCUT2D eigenvalue weighted by atomic mass is 9.69. The van der Waals surface area contributed by atoms with Gasteiger partial charge >= 0.3 is 0 Å². The van der Waals surface area contributed by atoms with Crippen molar-refractivity contribution < 1.29 is 4.79 Å². The summed E-state index contributed by atoms with van der Waals surface area (Å²) >= 11 is 0. The Morgan fingerprint density at radius 2 is 2.07 bits per heavy atom. The molecule has 150 valence electrons. The molecule has 0 aromatic heterocycles. The van der Waals surface area contributed by atoms with E-state index in [1.807, 2.05) is 0 Å². The molecule has 1 saturated carbocycles. The van der Waals surface area contributed by atoms with Gasteiger partial charge in [0.05, 0.1) is 12.0 Å². The highest BCUT2D eigenvalue weighted by Gasteiger charge is 2.41. The number of nitrogens with one attached hydrogen (secondary N) is 1. The molecule has 2 aliphatic heterocycles. The summed E-state index contributed by atoms with van der Waals surface area (Å²) in [6, 6.07) is 10.9. The van der Waals surface area contributed by atoms with Crippen LogP contribution in [0.2, 0.25) is 0 Å². The molecule has 0 spiro atoms. The minimum atomic E-state index is 0.0798. The average Bonchev–Trinajstić information content (AvgIpc) is 2.70. The predicted molar refractivity (Wildman–Crippen MR) is 115 cm³/mol. The molecule has 0 bridgehead atoms. The van der Waals surface area contributed by atoms with Gasteiger partial charge in [-0.05, 0) is 55.2 Å². The number of rotatable bonds is 5. The predicted octanol–water partition coefficient (Wildman–Crippen LogP) is 4.28. The van der Waals surface area contributed by atoms with Crippen molar-refractivity contribution in [3.8, 4) is 0 Å². The summed E-state index contributed by atoms with van der Waals surface area (Å²) < 4.78 is 0. The highest BCUT2D eigenvalue weighted by atomic mass is 16.2. The smallest absolute Gasteiger partial charge is 0.230 e. The van der Waals surface area contributed by atoms with Crippen LogP contribution in [0.4, 0.5) is 0 Å². The van der Waals surface area contributed by atoms with Crippen molar-refractivity contribution in [2.24, 2.45) is 16.3 Å². The van der Waals surface area contributed by atoms with Gasteiger partial charge in [0.2, 0.25) is 5.91 Å². The van der Waals surface area contributed by atoms with Crippen molar-refractivity contribution in [3.05, 3.63) is 42.0 Å². The van der Waals surface area contributed by atoms with Crippen LogP contribution in [0.5, 0.6) is 0 Å². The third kappa shape index (κ3) is 4.54. The van der Waals surface area contributed by atoms with Gasteiger partial charge in [0.15, 0.2) is 0 Å². The third-order valence-electron chi connectivity index (χ3n) is 6.61. The van der Waals surface area contributed by atoms with Gasteiger partial charge < -0.3 is 5.32 Å². The largest absolute Gasteiger partial charge is 0.314 e. The zero-order valence-corrected chi connectivity index (χ0v) is 17.3. The quantitative estimate of drug-likeness (QED) is 0.830. The zero-order chi connectivity index (χ0) is 19.6. The second-order valence-electron chi connectivity index (χ2n) is 9.40. The van der Waals surface area contributed by atoms with Crippen LogP contribution in [-0.2, 0) is 4.79 Å². The van der Waals surface area contributed by atoms with Crippen LogP contribution < -0.4 is 5.32 Å². The second-order valence-corrected chi connectivity index (χ2v) is 9.40. The van der Waals surface area contributed by atoms with Gasteiger partial charge in [-0.25, -0.2) is 0 Å². The molecule has 1 aliphatic carbocycles. The van der Waals surface area contributed by atoms with Crippen molar-refractivity contribution in [3.63, 3.8) is 0 Å². The monoisotopic (exact) mass is 379 g/mol. The molecule has 1 fully saturated rings. The van der Waals surface area contributed by atoms with Crippen LogP contribution >= 0.6 is 0 Å². The normalized spacial score (nSPS) is 27.4. The Kier molecular flexibility index (Phi) is 5.68. The zero-order valence-electron chi connectivity index (χ0n) is 17.3. The number of aliphatic imine (C=N–C) groups is 1. The van der Waals surface area contributed by atoms with Gasteiger partial charge in [0.1, 0.15) is 5.84 Å². The van der Waals surface area contributed by atoms with E-state index in [0.29, 0.717) is 0 Å². The summed E-state index contributed by atoms with van der Waals surface area (Å²) in [4.78, 5) is 20.0. The topological polar surface area (TPSA) is 44.7 Å². The van der Waals surface area contributed by atoms with E-state index in [-0.39, 0.29) is 23.3 Å². The maximum atomic E-state index is 12.6. The first-order chi connectivity index (χ1) is 13.5. The molecule has 1 aromatic rings. The summed E-state index contributed by atoms with van der Waals surface area (Å²) in [5.74, 6) is 1.20. The average molecular weight is 380 g/mol. The van der Waals surface area contributed by atoms with E-state index in [1.54, 1.807) is 0 Å². The Balaban J connectivity index is 1.26. The number of hydrogen-bond acceptors (Lipinski definition) is 3. The number of amides is 1. The van der Waals surface area contributed by atoms with E-state index in [4.69, 9.17) is 4.99 Å². The minimum absolute atomic E-state index is 0.0798. The van der Waals surface area contributed by atoms with E-state index < -0.39 is 0 Å². The lowest BCUT2D eigenvalue weighted by molar-refractivity contribution is -0.127. The van der Waals surface area contributed by atoms with Crippen LogP contribution in [0.15, 0.2) is 41.4 Å². The SMILES string of the molecule is CC1(C)CCC2N=C(CCCN3CC=C(c4ccccc4)CC3)NC(=O)C2C1. The molecule has 1 amide bonds. The van der Waals surface area contributed by atoms with Crippen LogP contribution in [0.1, 0.15) is 57.9 Å². The van der Waals surface area contributed by atoms with Gasteiger partial charge in [-0.1, -0.05) is 50.3 Å². The van der Waals surface area contributed by atoms with Gasteiger partial charge in [-0.15, -0.1) is 0 Å². The van der Waals surface area contributed by atoms with E-state index >= 15 is 0 Å². The molecular formula is C24H33N3O. The Bertz CT molecular complexity index is 765. The fourth-order valence-electron chi connectivity index (χ4n) is 4.89. The molecule has 4 rings (SSSR count). The number of carbonyl (C=O) groups is 1. The minimum Gasteiger partial charge on any atom is -0.314 e. The van der Waals surface area contributed by atoms with Crippen LogP contribution in [0, 0.1) is 11.3 Å². The van der Waals surface area contributed by atoms with Gasteiger partial charge in [-0.2, -0.15) is 0 Å². The van der Waals surface area contributed by atoms with Crippen molar-refractivity contribution in [1.29, 1.82) is 0 Å². The maximum Gasteiger partial charge on any atom is 0.230 e. The molecular weight excluding hydrogens is 346 g/mol. The van der Waals surface area contributed by atoms with Crippen molar-refractivity contribution in [2.45, 2.75) is 58.4 Å².